The number of fused-ring (bicyclic) bond motifs is 1. The predicted molar refractivity (Wildman–Crippen MR) is 77.4 cm³/mol. The first kappa shape index (κ1) is 15.8. The highest BCUT2D eigenvalue weighted by molar-refractivity contribution is 9.10. The molecule has 3 nitrogen and oxygen atoms in total. The summed E-state index contributed by atoms with van der Waals surface area (Å²) < 4.78 is 2.54. The largest absolute Gasteiger partial charge is 0.309 e. The average Bonchev–Trinajstić information content (AvgIpc) is 2.39. The number of aromatic nitrogens is 2. The minimum absolute atomic E-state index is 0.0881. The molecule has 0 amide bonds. The van der Waals surface area contributed by atoms with Gasteiger partial charge in [-0.2, -0.15) is 0 Å². The lowest BCUT2D eigenvalue weighted by atomic mass is 10.3. The zero-order valence-corrected chi connectivity index (χ0v) is 12.6. The number of halogens is 1. The van der Waals surface area contributed by atoms with E-state index in [-0.39, 0.29) is 5.56 Å². The van der Waals surface area contributed by atoms with Crippen molar-refractivity contribution in [3.63, 3.8) is 0 Å². The van der Waals surface area contributed by atoms with E-state index in [0.29, 0.717) is 0 Å². The smallest absolute Gasteiger partial charge is 0.269 e. The van der Waals surface area contributed by atoms with Crippen molar-refractivity contribution in [3.8, 4) is 0 Å². The molecule has 0 aliphatic heterocycles. The molecule has 0 saturated heterocycles. The molecule has 2 aromatic rings. The quantitative estimate of drug-likeness (QED) is 0.742. The summed E-state index contributed by atoms with van der Waals surface area (Å²) in [4.78, 5) is 15.2. The zero-order valence-electron chi connectivity index (χ0n) is 11.0. The highest BCUT2D eigenvalue weighted by atomic mass is 79.9. The van der Waals surface area contributed by atoms with Crippen LogP contribution in [0.25, 0.3) is 11.0 Å². The standard InChI is InChI=1S/C9H7BrN2O.2C2H6/c1-12-8-3-2-6(10)4-7(8)11-5-9(12)13;2*1-2/h2-5H,1H3;2*1-2H3. The van der Waals surface area contributed by atoms with E-state index in [1.807, 2.05) is 45.9 Å². The van der Waals surface area contributed by atoms with Crippen LogP contribution in [0, 0.1) is 0 Å². The maximum absolute atomic E-state index is 11.2. The van der Waals surface area contributed by atoms with Crippen LogP contribution in [0.5, 0.6) is 0 Å². The molecule has 0 radical (unpaired) electrons. The van der Waals surface area contributed by atoms with Crippen LogP contribution in [0.1, 0.15) is 27.7 Å². The molecule has 0 N–H and O–H groups in total. The molecule has 0 spiro atoms. The normalized spacial score (nSPS) is 8.82. The van der Waals surface area contributed by atoms with E-state index in [1.165, 1.54) is 6.20 Å². The van der Waals surface area contributed by atoms with Gasteiger partial charge in [-0.3, -0.25) is 4.79 Å². The van der Waals surface area contributed by atoms with E-state index in [9.17, 15) is 4.79 Å². The van der Waals surface area contributed by atoms with E-state index in [0.717, 1.165) is 15.5 Å². The van der Waals surface area contributed by atoms with Gasteiger partial charge >= 0.3 is 0 Å². The van der Waals surface area contributed by atoms with Gasteiger partial charge in [0.25, 0.3) is 5.56 Å². The number of hydrogen-bond acceptors (Lipinski definition) is 2. The summed E-state index contributed by atoms with van der Waals surface area (Å²) in [6, 6.07) is 5.64. The Morgan fingerprint density at radius 3 is 2.35 bits per heavy atom. The Kier molecular flexibility index (Phi) is 7.46. The van der Waals surface area contributed by atoms with Gasteiger partial charge in [0.2, 0.25) is 0 Å². The maximum atomic E-state index is 11.2. The Morgan fingerprint density at radius 2 is 1.76 bits per heavy atom. The van der Waals surface area contributed by atoms with Crippen molar-refractivity contribution in [2.24, 2.45) is 7.05 Å². The lowest BCUT2D eigenvalue weighted by Crippen LogP contribution is -2.16. The lowest BCUT2D eigenvalue weighted by Gasteiger charge is -2.02. The van der Waals surface area contributed by atoms with E-state index in [2.05, 4.69) is 20.9 Å². The fourth-order valence-corrected chi connectivity index (χ4v) is 1.56. The SMILES string of the molecule is CC.CC.Cn1c(=O)cnc2cc(Br)ccc21. The van der Waals surface area contributed by atoms with Crippen LogP contribution in [-0.4, -0.2) is 9.55 Å². The molecule has 0 aliphatic rings. The first-order chi connectivity index (χ1) is 8.18. The molecule has 0 atom stereocenters. The van der Waals surface area contributed by atoms with Gasteiger partial charge in [-0.05, 0) is 18.2 Å². The molecule has 0 unspecified atom stereocenters. The third-order valence-electron chi connectivity index (χ3n) is 1.94. The van der Waals surface area contributed by atoms with Crippen LogP contribution >= 0.6 is 15.9 Å². The number of hydrogen-bond donors (Lipinski definition) is 0. The summed E-state index contributed by atoms with van der Waals surface area (Å²) in [7, 11) is 1.74. The molecule has 4 heteroatoms. The van der Waals surface area contributed by atoms with Crippen molar-refractivity contribution in [1.82, 2.24) is 9.55 Å². The average molecular weight is 299 g/mol. The monoisotopic (exact) mass is 298 g/mol. The molecule has 1 heterocycles. The summed E-state index contributed by atoms with van der Waals surface area (Å²) in [6.45, 7) is 8.00. The van der Waals surface area contributed by atoms with Crippen LogP contribution in [0.2, 0.25) is 0 Å². The van der Waals surface area contributed by atoms with Gasteiger partial charge in [0.15, 0.2) is 0 Å². The number of nitrogens with zero attached hydrogens (tertiary/aromatic N) is 2. The second-order valence-corrected chi connectivity index (χ2v) is 3.70. The van der Waals surface area contributed by atoms with Crippen LogP contribution < -0.4 is 5.56 Å². The van der Waals surface area contributed by atoms with Crippen molar-refractivity contribution < 1.29 is 0 Å². The molecule has 0 saturated carbocycles. The highest BCUT2D eigenvalue weighted by Crippen LogP contribution is 2.15. The van der Waals surface area contributed by atoms with Gasteiger partial charge in [-0.15, -0.1) is 0 Å². The molecule has 0 aliphatic carbocycles. The number of rotatable bonds is 0. The second-order valence-electron chi connectivity index (χ2n) is 2.79. The van der Waals surface area contributed by atoms with E-state index >= 15 is 0 Å². The van der Waals surface area contributed by atoms with E-state index in [4.69, 9.17) is 0 Å². The van der Waals surface area contributed by atoms with Crippen molar-refractivity contribution in [2.75, 3.05) is 0 Å². The summed E-state index contributed by atoms with van der Waals surface area (Å²) in [5.74, 6) is 0. The van der Waals surface area contributed by atoms with Crippen molar-refractivity contribution in [1.29, 1.82) is 0 Å². The minimum Gasteiger partial charge on any atom is -0.309 e. The van der Waals surface area contributed by atoms with E-state index < -0.39 is 0 Å². The summed E-state index contributed by atoms with van der Waals surface area (Å²) in [6.07, 6.45) is 1.33. The van der Waals surface area contributed by atoms with Gasteiger partial charge < -0.3 is 4.57 Å². The summed E-state index contributed by atoms with van der Waals surface area (Å²) in [5, 5.41) is 0. The predicted octanol–water partition coefficient (Wildman–Crippen LogP) is 3.75. The molecule has 0 fully saturated rings. The molecular weight excluding hydrogens is 280 g/mol. The van der Waals surface area contributed by atoms with Gasteiger partial charge in [-0.1, -0.05) is 43.6 Å². The zero-order chi connectivity index (χ0) is 13.4. The lowest BCUT2D eigenvalue weighted by molar-refractivity contribution is 0.891. The fraction of sp³-hybridized carbons (Fsp3) is 0.385. The molecule has 94 valence electrons. The van der Waals surface area contributed by atoms with Gasteiger partial charge in [0.05, 0.1) is 17.2 Å². The van der Waals surface area contributed by atoms with Gasteiger partial charge in [0.1, 0.15) is 0 Å². The third kappa shape index (κ3) is 3.97. The van der Waals surface area contributed by atoms with Crippen molar-refractivity contribution in [2.45, 2.75) is 27.7 Å². The Hall–Kier alpha value is -1.16. The van der Waals surface area contributed by atoms with E-state index in [1.54, 1.807) is 11.6 Å². The highest BCUT2D eigenvalue weighted by Gasteiger charge is 1.99. The van der Waals surface area contributed by atoms with Crippen LogP contribution in [0.15, 0.2) is 33.7 Å². The van der Waals surface area contributed by atoms with Gasteiger partial charge in [0, 0.05) is 11.5 Å². The molecule has 1 aromatic heterocycles. The molecule has 17 heavy (non-hydrogen) atoms. The van der Waals surface area contributed by atoms with Gasteiger partial charge in [-0.25, -0.2) is 4.98 Å². The summed E-state index contributed by atoms with van der Waals surface area (Å²) >= 11 is 3.35. The third-order valence-corrected chi connectivity index (χ3v) is 2.44. The van der Waals surface area contributed by atoms with Crippen molar-refractivity contribution in [3.05, 3.63) is 39.2 Å². The molecule has 0 bridgehead atoms. The Balaban J connectivity index is 0.000000581. The van der Waals surface area contributed by atoms with Crippen LogP contribution in [0.3, 0.4) is 0 Å². The van der Waals surface area contributed by atoms with Crippen LogP contribution in [0.4, 0.5) is 0 Å². The maximum Gasteiger partial charge on any atom is 0.269 e. The Labute approximate surface area is 111 Å². The molecule has 1 aromatic carbocycles. The number of aryl methyl sites for hydroxylation is 1. The Bertz CT molecular complexity index is 520. The second kappa shape index (κ2) is 8.01. The molecular formula is C13H19BrN2O. The minimum atomic E-state index is -0.0881. The number of benzene rings is 1. The summed E-state index contributed by atoms with van der Waals surface area (Å²) in [5.41, 5.74) is 1.57. The Morgan fingerprint density at radius 1 is 1.18 bits per heavy atom. The van der Waals surface area contributed by atoms with Crippen molar-refractivity contribution >= 4 is 27.0 Å². The first-order valence-electron chi connectivity index (χ1n) is 5.80. The fourth-order valence-electron chi connectivity index (χ4n) is 1.21. The first-order valence-corrected chi connectivity index (χ1v) is 6.59. The topological polar surface area (TPSA) is 34.9 Å². The van der Waals surface area contributed by atoms with Crippen LogP contribution in [-0.2, 0) is 7.05 Å². The molecule has 2 rings (SSSR count).